The van der Waals surface area contributed by atoms with Crippen molar-refractivity contribution in [3.05, 3.63) is 47.8 Å². The summed E-state index contributed by atoms with van der Waals surface area (Å²) in [6.45, 7) is 3.44. The Hall–Kier alpha value is -2.28. The molecule has 1 N–H and O–H groups in total. The van der Waals surface area contributed by atoms with Crippen LogP contribution in [0, 0.1) is 23.5 Å². The number of rotatable bonds is 2. The number of fused-ring (bicyclic) bond motifs is 1. The fourth-order valence-electron chi connectivity index (χ4n) is 3.85. The highest BCUT2D eigenvalue weighted by Gasteiger charge is 2.32. The summed E-state index contributed by atoms with van der Waals surface area (Å²) in [7, 11) is 0. The number of amides is 1. The van der Waals surface area contributed by atoms with Crippen molar-refractivity contribution in [1.29, 1.82) is 0 Å². The van der Waals surface area contributed by atoms with E-state index in [-0.39, 0.29) is 17.3 Å². The molecule has 2 fully saturated rings. The van der Waals surface area contributed by atoms with E-state index < -0.39 is 11.6 Å². The number of nitrogens with zero attached hydrogens (tertiary/aromatic N) is 3. The molecule has 4 rings (SSSR count). The van der Waals surface area contributed by atoms with Crippen LogP contribution in [0.1, 0.15) is 23.3 Å². The third kappa shape index (κ3) is 3.04. The van der Waals surface area contributed by atoms with E-state index in [2.05, 4.69) is 10.4 Å². The molecule has 1 amide bonds. The van der Waals surface area contributed by atoms with Gasteiger partial charge < -0.3 is 10.2 Å². The van der Waals surface area contributed by atoms with Gasteiger partial charge in [-0.1, -0.05) is 6.07 Å². The molecule has 132 valence electrons. The van der Waals surface area contributed by atoms with Gasteiger partial charge in [-0.15, -0.1) is 0 Å². The first-order chi connectivity index (χ1) is 12.1. The van der Waals surface area contributed by atoms with Gasteiger partial charge in [0.1, 0.15) is 5.69 Å². The largest absolute Gasteiger partial charge is 0.337 e. The Bertz CT molecular complexity index is 757. The Morgan fingerprint density at radius 1 is 1.08 bits per heavy atom. The number of nitrogens with one attached hydrogen (secondary N) is 1. The van der Waals surface area contributed by atoms with Crippen molar-refractivity contribution in [2.45, 2.75) is 12.8 Å². The van der Waals surface area contributed by atoms with E-state index in [0.717, 1.165) is 30.6 Å². The predicted molar refractivity (Wildman–Crippen MR) is 88.5 cm³/mol. The Balaban J connectivity index is 1.53. The number of benzene rings is 1. The zero-order valence-electron chi connectivity index (χ0n) is 13.8. The van der Waals surface area contributed by atoms with Crippen LogP contribution in [0.5, 0.6) is 0 Å². The molecule has 25 heavy (non-hydrogen) atoms. The van der Waals surface area contributed by atoms with Crippen molar-refractivity contribution in [2.75, 3.05) is 26.2 Å². The molecule has 0 saturated carbocycles. The van der Waals surface area contributed by atoms with Gasteiger partial charge in [-0.25, -0.2) is 13.5 Å². The topological polar surface area (TPSA) is 50.2 Å². The number of carbonyl (C=O) groups is 1. The molecule has 0 radical (unpaired) electrons. The van der Waals surface area contributed by atoms with Crippen LogP contribution in [-0.4, -0.2) is 46.8 Å². The van der Waals surface area contributed by atoms with Gasteiger partial charge >= 0.3 is 0 Å². The lowest BCUT2D eigenvalue weighted by molar-refractivity contribution is 0.0752. The Labute approximate surface area is 144 Å². The molecule has 1 aromatic heterocycles. The Kier molecular flexibility index (Phi) is 4.25. The molecule has 3 heterocycles. The maximum Gasteiger partial charge on any atom is 0.274 e. The van der Waals surface area contributed by atoms with Crippen LogP contribution in [-0.2, 0) is 0 Å². The molecular weight excluding hydrogens is 326 g/mol. The zero-order chi connectivity index (χ0) is 17.4. The monoisotopic (exact) mass is 346 g/mol. The minimum absolute atomic E-state index is 0.177. The molecule has 0 bridgehead atoms. The van der Waals surface area contributed by atoms with Crippen molar-refractivity contribution in [3.63, 3.8) is 0 Å². The van der Waals surface area contributed by atoms with Crippen molar-refractivity contribution >= 4 is 5.91 Å². The van der Waals surface area contributed by atoms with Crippen molar-refractivity contribution in [1.82, 2.24) is 20.0 Å². The summed E-state index contributed by atoms with van der Waals surface area (Å²) in [4.78, 5) is 14.5. The summed E-state index contributed by atoms with van der Waals surface area (Å²) in [6, 6.07) is 5.15. The Morgan fingerprint density at radius 3 is 2.36 bits per heavy atom. The van der Waals surface area contributed by atoms with Crippen LogP contribution >= 0.6 is 0 Å². The van der Waals surface area contributed by atoms with E-state index in [1.54, 1.807) is 0 Å². The highest BCUT2D eigenvalue weighted by Crippen LogP contribution is 2.27. The summed E-state index contributed by atoms with van der Waals surface area (Å²) >= 11 is 0. The van der Waals surface area contributed by atoms with Crippen LogP contribution in [0.3, 0.4) is 0 Å². The fraction of sp³-hybridized carbons (Fsp3) is 0.444. The van der Waals surface area contributed by atoms with E-state index in [4.69, 9.17) is 0 Å². The summed E-state index contributed by atoms with van der Waals surface area (Å²) in [5.41, 5.74) is -0.0501. The van der Waals surface area contributed by atoms with E-state index in [0.29, 0.717) is 24.9 Å². The van der Waals surface area contributed by atoms with E-state index in [1.807, 2.05) is 4.90 Å². The third-order valence-corrected chi connectivity index (χ3v) is 5.28. The molecule has 2 atom stereocenters. The van der Waals surface area contributed by atoms with Crippen molar-refractivity contribution in [2.24, 2.45) is 11.8 Å². The molecule has 1 aromatic carbocycles. The molecule has 0 spiro atoms. The average molecular weight is 346 g/mol. The number of hydrogen-bond acceptors (Lipinski definition) is 3. The fourth-order valence-corrected chi connectivity index (χ4v) is 3.85. The van der Waals surface area contributed by atoms with Gasteiger partial charge in [-0.3, -0.25) is 4.79 Å². The lowest BCUT2D eigenvalue weighted by Crippen LogP contribution is -2.33. The number of hydrogen-bond donors (Lipinski definition) is 1. The molecule has 2 aromatic rings. The van der Waals surface area contributed by atoms with Gasteiger partial charge in [0.15, 0.2) is 17.3 Å². The maximum absolute atomic E-state index is 13.9. The lowest BCUT2D eigenvalue weighted by atomic mass is 9.92. The van der Waals surface area contributed by atoms with Gasteiger partial charge in [0, 0.05) is 19.3 Å². The number of likely N-dealkylation sites (tertiary alicyclic amines) is 1. The van der Waals surface area contributed by atoms with Crippen molar-refractivity contribution < 1.29 is 13.6 Å². The summed E-state index contributed by atoms with van der Waals surface area (Å²) in [5.74, 6) is -0.344. The smallest absolute Gasteiger partial charge is 0.274 e. The van der Waals surface area contributed by atoms with Gasteiger partial charge in [-0.05, 0) is 56.0 Å². The van der Waals surface area contributed by atoms with Crippen LogP contribution in [0.15, 0.2) is 30.5 Å². The molecule has 0 aliphatic carbocycles. The van der Waals surface area contributed by atoms with Crippen LogP contribution in [0.4, 0.5) is 8.78 Å². The van der Waals surface area contributed by atoms with Gasteiger partial charge in [0.05, 0.1) is 0 Å². The number of halogens is 2. The van der Waals surface area contributed by atoms with Gasteiger partial charge in [-0.2, -0.15) is 5.10 Å². The number of carbonyl (C=O) groups excluding carboxylic acids is 1. The normalized spacial score (nSPS) is 23.4. The van der Waals surface area contributed by atoms with Crippen LogP contribution in [0.25, 0.3) is 5.69 Å². The van der Waals surface area contributed by atoms with Crippen molar-refractivity contribution in [3.8, 4) is 5.69 Å². The number of para-hydroxylation sites is 1. The maximum atomic E-state index is 13.9. The van der Waals surface area contributed by atoms with Gasteiger partial charge in [0.2, 0.25) is 0 Å². The average Bonchev–Trinajstić information content (AvgIpc) is 3.20. The molecule has 5 nitrogen and oxygen atoms in total. The first-order valence-corrected chi connectivity index (χ1v) is 8.63. The summed E-state index contributed by atoms with van der Waals surface area (Å²) in [6.07, 6.45) is 3.38. The highest BCUT2D eigenvalue weighted by atomic mass is 19.1. The van der Waals surface area contributed by atoms with Gasteiger partial charge in [0.25, 0.3) is 5.91 Å². The standard InChI is InChI=1S/C18H20F2N4O/c19-14-2-1-3-15(20)17(14)24-9-6-16(22-24)18(25)23-7-4-12-10-21-11-13(12)5-8-23/h1-3,6,9,12-13,21H,4-5,7-8,10-11H2/t12-,13+. The first kappa shape index (κ1) is 16.2. The molecule has 2 saturated heterocycles. The second-order valence-electron chi connectivity index (χ2n) is 6.76. The van der Waals surface area contributed by atoms with E-state index in [9.17, 15) is 13.6 Å². The minimum Gasteiger partial charge on any atom is -0.337 e. The SMILES string of the molecule is O=C(c1ccn(-c2c(F)cccc2F)n1)N1CC[C@@H]2CNC[C@@H]2CC1. The predicted octanol–water partition coefficient (Wildman–Crippen LogP) is 2.22. The quantitative estimate of drug-likeness (QED) is 0.907. The van der Waals surface area contributed by atoms with Crippen LogP contribution < -0.4 is 5.32 Å². The zero-order valence-corrected chi connectivity index (χ0v) is 13.8. The second kappa shape index (κ2) is 6.55. The molecule has 0 unspecified atom stereocenters. The van der Waals surface area contributed by atoms with E-state index >= 15 is 0 Å². The third-order valence-electron chi connectivity index (χ3n) is 5.28. The molecular formula is C18H20F2N4O. The highest BCUT2D eigenvalue weighted by molar-refractivity contribution is 5.92. The van der Waals surface area contributed by atoms with E-state index in [1.165, 1.54) is 30.5 Å². The summed E-state index contributed by atoms with van der Waals surface area (Å²) in [5, 5.41) is 7.52. The first-order valence-electron chi connectivity index (χ1n) is 8.63. The molecule has 2 aliphatic rings. The Morgan fingerprint density at radius 2 is 1.72 bits per heavy atom. The number of aromatic nitrogens is 2. The molecule has 2 aliphatic heterocycles. The minimum atomic E-state index is -0.711. The summed E-state index contributed by atoms with van der Waals surface area (Å²) < 4.78 is 28.9. The second-order valence-corrected chi connectivity index (χ2v) is 6.76. The van der Waals surface area contributed by atoms with Crippen LogP contribution in [0.2, 0.25) is 0 Å². The lowest BCUT2D eigenvalue weighted by Gasteiger charge is -2.19. The molecule has 7 heteroatoms.